The van der Waals surface area contributed by atoms with E-state index >= 15 is 0 Å². The molecule has 1 N–H and O–H groups in total. The van der Waals surface area contributed by atoms with Crippen LogP contribution < -0.4 is 5.43 Å². The molecule has 110 valence electrons. The van der Waals surface area contributed by atoms with Gasteiger partial charge in [0.2, 0.25) is 0 Å². The van der Waals surface area contributed by atoms with Crippen LogP contribution in [0.5, 0.6) is 0 Å². The zero-order valence-corrected chi connectivity index (χ0v) is 12.4. The van der Waals surface area contributed by atoms with E-state index in [0.29, 0.717) is 13.1 Å². The van der Waals surface area contributed by atoms with Crippen molar-refractivity contribution < 1.29 is 4.79 Å². The van der Waals surface area contributed by atoms with Crippen LogP contribution >= 0.6 is 0 Å². The summed E-state index contributed by atoms with van der Waals surface area (Å²) in [6.07, 6.45) is 3.86. The van der Waals surface area contributed by atoms with Crippen LogP contribution in [-0.4, -0.2) is 22.3 Å². The number of hydrogen-bond acceptors (Lipinski definition) is 2. The molecule has 0 atom stereocenters. The lowest BCUT2D eigenvalue weighted by atomic mass is 10.1. The Morgan fingerprint density at radius 3 is 2.52 bits per heavy atom. The van der Waals surface area contributed by atoms with Gasteiger partial charge in [-0.2, -0.15) is 0 Å². The van der Waals surface area contributed by atoms with Gasteiger partial charge in [0.25, 0.3) is 5.91 Å². The van der Waals surface area contributed by atoms with Gasteiger partial charge in [-0.3, -0.25) is 9.59 Å². The monoisotopic (exact) mass is 284 g/mol. The molecule has 0 aliphatic heterocycles. The summed E-state index contributed by atoms with van der Waals surface area (Å²) >= 11 is 0. The number of amides is 1. The summed E-state index contributed by atoms with van der Waals surface area (Å²) < 4.78 is 0. The third-order valence-electron chi connectivity index (χ3n) is 3.33. The standard InChI is InChI=1S/C17H20N2O2/c1-3-10-19(12-14-6-4-13(2)5-7-14)17(21)15-11-18-9-8-16(15)20/h4-9,11H,3,10,12H2,1-2H3,(H,18,20). The fourth-order valence-corrected chi connectivity index (χ4v) is 2.19. The van der Waals surface area contributed by atoms with Crippen molar-refractivity contribution in [3.63, 3.8) is 0 Å². The first kappa shape index (κ1) is 15.0. The number of carbonyl (C=O) groups excluding carboxylic acids is 1. The molecule has 0 aliphatic carbocycles. The minimum atomic E-state index is -0.247. The van der Waals surface area contributed by atoms with Crippen molar-refractivity contribution in [2.24, 2.45) is 0 Å². The molecule has 0 bridgehead atoms. The fraction of sp³-hybridized carbons (Fsp3) is 0.294. The number of rotatable bonds is 5. The number of benzene rings is 1. The highest BCUT2D eigenvalue weighted by molar-refractivity contribution is 5.93. The van der Waals surface area contributed by atoms with Crippen molar-refractivity contribution in [3.8, 4) is 0 Å². The van der Waals surface area contributed by atoms with E-state index in [1.54, 1.807) is 4.90 Å². The first-order valence-corrected chi connectivity index (χ1v) is 7.13. The van der Waals surface area contributed by atoms with Crippen LogP contribution in [0.2, 0.25) is 0 Å². The zero-order chi connectivity index (χ0) is 15.2. The molecule has 1 heterocycles. The number of H-pyrrole nitrogens is 1. The Kier molecular flexibility index (Phi) is 4.93. The highest BCUT2D eigenvalue weighted by Gasteiger charge is 2.17. The van der Waals surface area contributed by atoms with Gasteiger partial charge in [0.05, 0.1) is 0 Å². The van der Waals surface area contributed by atoms with Gasteiger partial charge in [-0.05, 0) is 18.9 Å². The summed E-state index contributed by atoms with van der Waals surface area (Å²) in [7, 11) is 0. The molecule has 0 aliphatic rings. The Bertz CT molecular complexity index is 659. The maximum Gasteiger partial charge on any atom is 0.259 e. The van der Waals surface area contributed by atoms with Crippen molar-refractivity contribution >= 4 is 5.91 Å². The Balaban J connectivity index is 2.22. The van der Waals surface area contributed by atoms with Crippen molar-refractivity contribution in [2.75, 3.05) is 6.54 Å². The summed E-state index contributed by atoms with van der Waals surface area (Å²) in [6.45, 7) is 5.19. The molecule has 0 fully saturated rings. The second-order valence-corrected chi connectivity index (χ2v) is 5.13. The van der Waals surface area contributed by atoms with E-state index in [1.165, 1.54) is 24.0 Å². The SMILES string of the molecule is CCCN(Cc1ccc(C)cc1)C(=O)c1c[nH]ccc1=O. The highest BCUT2D eigenvalue weighted by Crippen LogP contribution is 2.10. The van der Waals surface area contributed by atoms with E-state index in [0.717, 1.165) is 12.0 Å². The van der Waals surface area contributed by atoms with E-state index in [2.05, 4.69) is 4.98 Å². The van der Waals surface area contributed by atoms with E-state index in [1.807, 2.05) is 38.1 Å². The van der Waals surface area contributed by atoms with Gasteiger partial charge in [0.15, 0.2) is 5.43 Å². The van der Waals surface area contributed by atoms with Crippen LogP contribution in [0.1, 0.15) is 34.8 Å². The second kappa shape index (κ2) is 6.88. The average Bonchev–Trinajstić information content (AvgIpc) is 2.49. The summed E-state index contributed by atoms with van der Waals surface area (Å²) in [4.78, 5) is 28.9. The molecule has 0 saturated carbocycles. The lowest BCUT2D eigenvalue weighted by Crippen LogP contribution is -2.34. The largest absolute Gasteiger partial charge is 0.367 e. The molecule has 21 heavy (non-hydrogen) atoms. The second-order valence-electron chi connectivity index (χ2n) is 5.13. The molecule has 0 radical (unpaired) electrons. The fourth-order valence-electron chi connectivity index (χ4n) is 2.19. The Morgan fingerprint density at radius 1 is 1.19 bits per heavy atom. The molecule has 1 aromatic carbocycles. The molecule has 1 amide bonds. The third kappa shape index (κ3) is 3.81. The van der Waals surface area contributed by atoms with Crippen LogP contribution in [-0.2, 0) is 6.54 Å². The van der Waals surface area contributed by atoms with Crippen LogP contribution in [0.3, 0.4) is 0 Å². The molecule has 2 rings (SSSR count). The minimum absolute atomic E-state index is 0.193. The molecule has 0 unspecified atom stereocenters. The van der Waals surface area contributed by atoms with Gasteiger partial charge in [0, 0.05) is 31.5 Å². The van der Waals surface area contributed by atoms with E-state index < -0.39 is 0 Å². The van der Waals surface area contributed by atoms with E-state index in [-0.39, 0.29) is 16.9 Å². The predicted molar refractivity (Wildman–Crippen MR) is 83.3 cm³/mol. The number of carbonyl (C=O) groups is 1. The molecule has 4 heteroatoms. The predicted octanol–water partition coefficient (Wildman–Crippen LogP) is 2.74. The van der Waals surface area contributed by atoms with Crippen LogP contribution in [0.15, 0.2) is 47.5 Å². The van der Waals surface area contributed by atoms with Crippen molar-refractivity contribution in [3.05, 3.63) is 69.6 Å². The summed E-state index contributed by atoms with van der Waals surface area (Å²) in [5, 5.41) is 0. The van der Waals surface area contributed by atoms with Crippen molar-refractivity contribution in [1.82, 2.24) is 9.88 Å². The van der Waals surface area contributed by atoms with Gasteiger partial charge in [-0.25, -0.2) is 0 Å². The number of pyridine rings is 1. The molecular weight excluding hydrogens is 264 g/mol. The molecule has 0 saturated heterocycles. The molecule has 1 aromatic heterocycles. The van der Waals surface area contributed by atoms with Crippen molar-refractivity contribution in [2.45, 2.75) is 26.8 Å². The number of aryl methyl sites for hydroxylation is 1. The quantitative estimate of drug-likeness (QED) is 0.918. The highest BCUT2D eigenvalue weighted by atomic mass is 16.2. The van der Waals surface area contributed by atoms with Gasteiger partial charge in [-0.1, -0.05) is 36.8 Å². The number of nitrogens with one attached hydrogen (secondary N) is 1. The van der Waals surface area contributed by atoms with Crippen LogP contribution in [0.4, 0.5) is 0 Å². The third-order valence-corrected chi connectivity index (χ3v) is 3.33. The summed E-state index contributed by atoms with van der Waals surface area (Å²) in [5.74, 6) is -0.223. The zero-order valence-electron chi connectivity index (χ0n) is 12.4. The lowest BCUT2D eigenvalue weighted by Gasteiger charge is -2.22. The Labute approximate surface area is 124 Å². The number of aromatic nitrogens is 1. The molecular formula is C17H20N2O2. The average molecular weight is 284 g/mol. The van der Waals surface area contributed by atoms with Gasteiger partial charge >= 0.3 is 0 Å². The van der Waals surface area contributed by atoms with E-state index in [9.17, 15) is 9.59 Å². The maximum atomic E-state index is 12.5. The Morgan fingerprint density at radius 2 is 1.90 bits per heavy atom. The topological polar surface area (TPSA) is 53.2 Å². The number of aromatic amines is 1. The Hall–Kier alpha value is -2.36. The number of nitrogens with zero attached hydrogens (tertiary/aromatic N) is 1. The van der Waals surface area contributed by atoms with Crippen LogP contribution in [0.25, 0.3) is 0 Å². The summed E-state index contributed by atoms with van der Waals surface area (Å²) in [5.41, 5.74) is 2.20. The van der Waals surface area contributed by atoms with E-state index in [4.69, 9.17) is 0 Å². The molecule has 0 spiro atoms. The lowest BCUT2D eigenvalue weighted by molar-refractivity contribution is 0.0741. The van der Waals surface area contributed by atoms with Gasteiger partial charge < -0.3 is 9.88 Å². The number of hydrogen-bond donors (Lipinski definition) is 1. The molecule has 4 nitrogen and oxygen atoms in total. The van der Waals surface area contributed by atoms with Crippen LogP contribution in [0, 0.1) is 6.92 Å². The smallest absolute Gasteiger partial charge is 0.259 e. The maximum absolute atomic E-state index is 12.5. The van der Waals surface area contributed by atoms with Gasteiger partial charge in [0.1, 0.15) is 5.56 Å². The normalized spacial score (nSPS) is 10.4. The summed E-state index contributed by atoms with van der Waals surface area (Å²) in [6, 6.07) is 9.46. The van der Waals surface area contributed by atoms with Crippen molar-refractivity contribution in [1.29, 1.82) is 0 Å². The first-order chi connectivity index (χ1) is 10.1. The van der Waals surface area contributed by atoms with Gasteiger partial charge in [-0.15, -0.1) is 0 Å². The molecule has 2 aromatic rings. The first-order valence-electron chi connectivity index (χ1n) is 7.13. The minimum Gasteiger partial charge on any atom is -0.367 e.